The molecule has 0 radical (unpaired) electrons. The Morgan fingerprint density at radius 2 is 1.70 bits per heavy atom. The minimum atomic E-state index is -4.16. The number of nitrogens with one attached hydrogen (secondary N) is 2. The molecule has 11 heteroatoms. The third kappa shape index (κ3) is 5.41. The number of carbonyl (C=O) groups is 2. The van der Waals surface area contributed by atoms with Crippen LogP contribution in [0.1, 0.15) is 10.4 Å². The Labute approximate surface area is 164 Å². The summed E-state index contributed by atoms with van der Waals surface area (Å²) in [6, 6.07) is 7.71. The average Bonchev–Trinajstić information content (AvgIpc) is 2.59. The van der Waals surface area contributed by atoms with Crippen LogP contribution in [0.15, 0.2) is 47.4 Å². The molecule has 0 aromatic heterocycles. The van der Waals surface area contributed by atoms with Gasteiger partial charge in [-0.25, -0.2) is 8.42 Å². The molecular formula is C16H14Cl2N2O6S. The first-order valence-corrected chi connectivity index (χ1v) is 9.60. The molecule has 0 aliphatic carbocycles. The second kappa shape index (κ2) is 8.68. The molecule has 2 aromatic carbocycles. The van der Waals surface area contributed by atoms with Crippen molar-refractivity contribution in [2.24, 2.45) is 0 Å². The molecule has 0 heterocycles. The summed E-state index contributed by atoms with van der Waals surface area (Å²) in [6.45, 7) is -0.898. The van der Waals surface area contributed by atoms with Crippen molar-refractivity contribution in [2.45, 2.75) is 10.9 Å². The highest BCUT2D eigenvalue weighted by Gasteiger charge is 2.24. The van der Waals surface area contributed by atoms with Crippen molar-refractivity contribution in [3.63, 3.8) is 0 Å². The average molecular weight is 433 g/mol. The van der Waals surface area contributed by atoms with E-state index < -0.39 is 34.5 Å². The van der Waals surface area contributed by atoms with Crippen molar-refractivity contribution in [1.29, 1.82) is 0 Å². The van der Waals surface area contributed by atoms with Crippen molar-refractivity contribution in [3.8, 4) is 0 Å². The Morgan fingerprint density at radius 3 is 2.22 bits per heavy atom. The molecule has 2 rings (SSSR count). The van der Waals surface area contributed by atoms with Gasteiger partial charge in [-0.15, -0.1) is 0 Å². The quantitative estimate of drug-likeness (QED) is 0.528. The summed E-state index contributed by atoms with van der Waals surface area (Å²) in [5.74, 6) is -2.03. The molecule has 2 aromatic rings. The fourth-order valence-electron chi connectivity index (χ4n) is 2.01. The molecule has 144 valence electrons. The van der Waals surface area contributed by atoms with Crippen LogP contribution in [0.2, 0.25) is 10.0 Å². The zero-order valence-corrected chi connectivity index (χ0v) is 15.8. The molecule has 0 aliphatic rings. The fourth-order valence-corrected chi connectivity index (χ4v) is 3.69. The number of halogens is 2. The summed E-state index contributed by atoms with van der Waals surface area (Å²) in [7, 11) is -4.16. The standard InChI is InChI=1S/C16H14Cl2N2O6S/c17-9-1-6-12(13(18)7-9)15(22)19-10-2-4-11(5-3-10)27(25,26)20-14(8-21)16(23)24/h1-7,14,20-21H,8H2,(H,19,22)(H,23,24)/t14-/m1/s1. The lowest BCUT2D eigenvalue weighted by Crippen LogP contribution is -2.43. The normalized spacial score (nSPS) is 12.4. The van der Waals surface area contributed by atoms with E-state index in [4.69, 9.17) is 33.4 Å². The predicted molar refractivity (Wildman–Crippen MR) is 99.7 cm³/mol. The predicted octanol–water partition coefficient (Wildman–Crippen LogP) is 1.97. The lowest BCUT2D eigenvalue weighted by Gasteiger charge is -2.13. The first-order valence-electron chi connectivity index (χ1n) is 7.36. The summed E-state index contributed by atoms with van der Waals surface area (Å²) in [4.78, 5) is 22.8. The summed E-state index contributed by atoms with van der Waals surface area (Å²) in [5, 5.41) is 20.8. The number of benzene rings is 2. The van der Waals surface area contributed by atoms with Gasteiger partial charge in [0.2, 0.25) is 10.0 Å². The van der Waals surface area contributed by atoms with Crippen molar-refractivity contribution >= 4 is 50.8 Å². The number of rotatable bonds is 7. The summed E-state index contributed by atoms with van der Waals surface area (Å²) in [6.07, 6.45) is 0. The number of aliphatic hydroxyl groups is 1. The third-order valence-corrected chi connectivity index (χ3v) is 5.41. The Balaban J connectivity index is 2.14. The van der Waals surface area contributed by atoms with Gasteiger partial charge in [-0.1, -0.05) is 23.2 Å². The molecule has 4 N–H and O–H groups in total. The highest BCUT2D eigenvalue weighted by molar-refractivity contribution is 7.89. The largest absolute Gasteiger partial charge is 0.480 e. The second-order valence-electron chi connectivity index (χ2n) is 5.30. The van der Waals surface area contributed by atoms with E-state index in [2.05, 4.69) is 5.32 Å². The molecule has 0 unspecified atom stereocenters. The van der Waals surface area contributed by atoms with Gasteiger partial charge in [-0.3, -0.25) is 9.59 Å². The zero-order valence-electron chi connectivity index (χ0n) is 13.5. The Morgan fingerprint density at radius 1 is 1.07 bits per heavy atom. The number of aliphatic carboxylic acids is 1. The van der Waals surface area contributed by atoms with Crippen LogP contribution in [0.25, 0.3) is 0 Å². The lowest BCUT2D eigenvalue weighted by atomic mass is 10.2. The van der Waals surface area contributed by atoms with Crippen molar-refractivity contribution in [1.82, 2.24) is 4.72 Å². The maximum atomic E-state index is 12.2. The van der Waals surface area contributed by atoms with Gasteiger partial charge >= 0.3 is 5.97 Å². The highest BCUT2D eigenvalue weighted by atomic mass is 35.5. The van der Waals surface area contributed by atoms with Gasteiger partial charge in [0, 0.05) is 10.7 Å². The van der Waals surface area contributed by atoms with E-state index in [1.807, 2.05) is 4.72 Å². The highest BCUT2D eigenvalue weighted by Crippen LogP contribution is 2.22. The molecule has 8 nitrogen and oxygen atoms in total. The van der Waals surface area contributed by atoms with E-state index >= 15 is 0 Å². The topological polar surface area (TPSA) is 133 Å². The van der Waals surface area contributed by atoms with Crippen LogP contribution in [-0.4, -0.2) is 43.2 Å². The molecule has 0 saturated heterocycles. The van der Waals surface area contributed by atoms with Gasteiger partial charge in [0.1, 0.15) is 6.04 Å². The van der Waals surface area contributed by atoms with E-state index in [1.165, 1.54) is 42.5 Å². The molecular weight excluding hydrogens is 419 g/mol. The monoisotopic (exact) mass is 432 g/mol. The van der Waals surface area contributed by atoms with E-state index in [0.29, 0.717) is 10.7 Å². The van der Waals surface area contributed by atoms with Crippen LogP contribution >= 0.6 is 23.2 Å². The molecule has 0 saturated carbocycles. The third-order valence-electron chi connectivity index (χ3n) is 3.38. The minimum Gasteiger partial charge on any atom is -0.480 e. The molecule has 0 aliphatic heterocycles. The van der Waals surface area contributed by atoms with Crippen molar-refractivity contribution in [2.75, 3.05) is 11.9 Å². The van der Waals surface area contributed by atoms with Crippen molar-refractivity contribution in [3.05, 3.63) is 58.1 Å². The number of sulfonamides is 1. The van der Waals surface area contributed by atoms with Crippen LogP contribution < -0.4 is 10.0 Å². The van der Waals surface area contributed by atoms with E-state index in [1.54, 1.807) is 0 Å². The van der Waals surface area contributed by atoms with Crippen LogP contribution in [0.4, 0.5) is 5.69 Å². The number of amides is 1. The smallest absolute Gasteiger partial charge is 0.324 e. The summed E-state index contributed by atoms with van der Waals surface area (Å²) >= 11 is 11.7. The summed E-state index contributed by atoms with van der Waals surface area (Å²) in [5.41, 5.74) is 0.480. The van der Waals surface area contributed by atoms with Crippen LogP contribution in [0.5, 0.6) is 0 Å². The molecule has 0 fully saturated rings. The van der Waals surface area contributed by atoms with Gasteiger partial charge < -0.3 is 15.5 Å². The van der Waals surface area contributed by atoms with Gasteiger partial charge in [-0.2, -0.15) is 4.72 Å². The van der Waals surface area contributed by atoms with E-state index in [0.717, 1.165) is 0 Å². The van der Waals surface area contributed by atoms with Gasteiger partial charge in [-0.05, 0) is 42.5 Å². The van der Waals surface area contributed by atoms with E-state index in [-0.39, 0.29) is 15.5 Å². The maximum absolute atomic E-state index is 12.2. The first kappa shape index (κ1) is 21.1. The van der Waals surface area contributed by atoms with Crippen LogP contribution in [0.3, 0.4) is 0 Å². The molecule has 27 heavy (non-hydrogen) atoms. The van der Waals surface area contributed by atoms with Gasteiger partial charge in [0.05, 0.1) is 22.1 Å². The number of carbonyl (C=O) groups excluding carboxylic acids is 1. The Hall–Kier alpha value is -2.17. The molecule has 0 bridgehead atoms. The minimum absolute atomic E-state index is 0.159. The lowest BCUT2D eigenvalue weighted by molar-refractivity contribution is -0.139. The number of hydrogen-bond donors (Lipinski definition) is 4. The van der Waals surface area contributed by atoms with Gasteiger partial charge in [0.25, 0.3) is 5.91 Å². The zero-order chi connectivity index (χ0) is 20.2. The molecule has 1 amide bonds. The van der Waals surface area contributed by atoms with Crippen LogP contribution in [0, 0.1) is 0 Å². The molecule has 1 atom stereocenters. The first-order chi connectivity index (χ1) is 12.6. The number of hydrogen-bond acceptors (Lipinski definition) is 5. The van der Waals surface area contributed by atoms with E-state index in [9.17, 15) is 18.0 Å². The number of anilines is 1. The Bertz CT molecular complexity index is 963. The van der Waals surface area contributed by atoms with Gasteiger partial charge in [0.15, 0.2) is 0 Å². The SMILES string of the molecule is O=C(Nc1ccc(S(=O)(=O)N[C@H](CO)C(=O)O)cc1)c1ccc(Cl)cc1Cl. The fraction of sp³-hybridized carbons (Fsp3) is 0.125. The Kier molecular flexibility index (Phi) is 6.79. The maximum Gasteiger partial charge on any atom is 0.324 e. The number of carboxylic acids is 1. The second-order valence-corrected chi connectivity index (χ2v) is 7.85. The number of carboxylic acid groups (broad SMARTS) is 1. The van der Waals surface area contributed by atoms with Crippen molar-refractivity contribution < 1.29 is 28.2 Å². The summed E-state index contributed by atoms with van der Waals surface area (Å²) < 4.78 is 26.1. The molecule has 0 spiro atoms. The van der Waals surface area contributed by atoms with Crippen LogP contribution in [-0.2, 0) is 14.8 Å². The number of aliphatic hydroxyl groups excluding tert-OH is 1.